The smallest absolute Gasteiger partial charge is 0.272 e. The number of aromatic nitrogens is 2. The standard InChI is InChI=1S/C17H20N4O2/c22-16(18-10-12-6-2-1-3-7-12)14-15(20-11-19-14)17(23)21-13-8-4-5-9-13/h1-3,6-7,11,13H,4-5,8-10H2,(H,18,22)(H,19,20)(H,21,23). The van der Waals surface area contributed by atoms with E-state index in [9.17, 15) is 9.59 Å². The highest BCUT2D eigenvalue weighted by Crippen LogP contribution is 2.18. The molecule has 0 saturated heterocycles. The second-order valence-electron chi connectivity index (χ2n) is 5.75. The Hall–Kier alpha value is -2.63. The van der Waals surface area contributed by atoms with Crippen LogP contribution in [0.5, 0.6) is 0 Å². The summed E-state index contributed by atoms with van der Waals surface area (Å²) in [6.45, 7) is 0.405. The molecule has 2 amide bonds. The first kappa shape index (κ1) is 15.3. The summed E-state index contributed by atoms with van der Waals surface area (Å²) in [7, 11) is 0. The van der Waals surface area contributed by atoms with E-state index in [1.165, 1.54) is 6.33 Å². The molecular formula is C17H20N4O2. The Bertz CT molecular complexity index is 675. The summed E-state index contributed by atoms with van der Waals surface area (Å²) in [6, 6.07) is 9.81. The van der Waals surface area contributed by atoms with Crippen molar-refractivity contribution in [2.75, 3.05) is 0 Å². The number of carbonyl (C=O) groups excluding carboxylic acids is 2. The second-order valence-corrected chi connectivity index (χ2v) is 5.75. The highest BCUT2D eigenvalue weighted by atomic mass is 16.2. The van der Waals surface area contributed by atoms with Crippen LogP contribution < -0.4 is 10.6 Å². The molecule has 3 N–H and O–H groups in total. The average Bonchev–Trinajstić information content (AvgIpc) is 3.24. The number of amides is 2. The molecule has 1 fully saturated rings. The third-order valence-electron chi connectivity index (χ3n) is 4.07. The number of hydrogen-bond acceptors (Lipinski definition) is 3. The summed E-state index contributed by atoms with van der Waals surface area (Å²) in [5.41, 5.74) is 1.36. The van der Waals surface area contributed by atoms with Crippen LogP contribution in [0.15, 0.2) is 36.7 Å². The van der Waals surface area contributed by atoms with E-state index in [2.05, 4.69) is 20.6 Å². The summed E-state index contributed by atoms with van der Waals surface area (Å²) in [5.74, 6) is -0.620. The van der Waals surface area contributed by atoms with Gasteiger partial charge in [0.25, 0.3) is 11.8 Å². The van der Waals surface area contributed by atoms with Gasteiger partial charge in [0.2, 0.25) is 0 Å². The number of rotatable bonds is 5. The third kappa shape index (κ3) is 3.77. The Morgan fingerprint density at radius 1 is 1.13 bits per heavy atom. The molecule has 0 bridgehead atoms. The van der Waals surface area contributed by atoms with E-state index in [-0.39, 0.29) is 29.2 Å². The summed E-state index contributed by atoms with van der Waals surface area (Å²) in [5, 5.41) is 5.75. The van der Waals surface area contributed by atoms with Gasteiger partial charge in [0.15, 0.2) is 5.69 Å². The third-order valence-corrected chi connectivity index (χ3v) is 4.07. The van der Waals surface area contributed by atoms with E-state index in [1.54, 1.807) is 0 Å². The van der Waals surface area contributed by atoms with Gasteiger partial charge in [0.1, 0.15) is 5.69 Å². The molecule has 23 heavy (non-hydrogen) atoms. The number of hydrogen-bond donors (Lipinski definition) is 3. The Kier molecular flexibility index (Phi) is 4.71. The minimum Gasteiger partial charge on any atom is -0.348 e. The molecule has 1 saturated carbocycles. The molecule has 0 atom stereocenters. The molecule has 1 heterocycles. The number of nitrogens with zero attached hydrogens (tertiary/aromatic N) is 1. The normalized spacial score (nSPS) is 14.6. The van der Waals surface area contributed by atoms with E-state index in [1.807, 2.05) is 30.3 Å². The van der Waals surface area contributed by atoms with Gasteiger partial charge in [-0.3, -0.25) is 9.59 Å². The molecule has 6 nitrogen and oxygen atoms in total. The number of benzene rings is 1. The molecule has 1 aromatic heterocycles. The fourth-order valence-corrected chi connectivity index (χ4v) is 2.83. The number of carbonyl (C=O) groups is 2. The maximum atomic E-state index is 12.3. The zero-order valence-corrected chi connectivity index (χ0v) is 12.8. The number of H-pyrrole nitrogens is 1. The van der Waals surface area contributed by atoms with E-state index in [4.69, 9.17) is 0 Å². The van der Waals surface area contributed by atoms with Crippen molar-refractivity contribution in [2.45, 2.75) is 38.3 Å². The van der Waals surface area contributed by atoms with Crippen LogP contribution in [0, 0.1) is 0 Å². The molecule has 1 aliphatic carbocycles. The first-order valence-corrected chi connectivity index (χ1v) is 7.90. The van der Waals surface area contributed by atoms with Gasteiger partial charge in [-0.25, -0.2) is 4.98 Å². The van der Waals surface area contributed by atoms with Crippen molar-refractivity contribution >= 4 is 11.8 Å². The Balaban J connectivity index is 1.62. The fourth-order valence-electron chi connectivity index (χ4n) is 2.83. The van der Waals surface area contributed by atoms with Crippen molar-refractivity contribution in [2.24, 2.45) is 0 Å². The lowest BCUT2D eigenvalue weighted by Gasteiger charge is -2.11. The lowest BCUT2D eigenvalue weighted by molar-refractivity contribution is 0.0904. The maximum absolute atomic E-state index is 12.3. The molecule has 1 aliphatic rings. The molecule has 0 spiro atoms. The quantitative estimate of drug-likeness (QED) is 0.789. The Morgan fingerprint density at radius 3 is 2.61 bits per heavy atom. The highest BCUT2D eigenvalue weighted by Gasteiger charge is 2.23. The van der Waals surface area contributed by atoms with Gasteiger partial charge in [-0.15, -0.1) is 0 Å². The van der Waals surface area contributed by atoms with Gasteiger partial charge in [0, 0.05) is 12.6 Å². The lowest BCUT2D eigenvalue weighted by atomic mass is 10.2. The summed E-state index contributed by atoms with van der Waals surface area (Å²) in [4.78, 5) is 31.3. The first-order chi connectivity index (χ1) is 11.2. The molecule has 0 unspecified atom stereocenters. The molecule has 1 aromatic carbocycles. The van der Waals surface area contributed by atoms with Gasteiger partial charge in [-0.2, -0.15) is 0 Å². The molecular weight excluding hydrogens is 292 g/mol. The molecule has 6 heteroatoms. The second kappa shape index (κ2) is 7.09. The molecule has 0 radical (unpaired) electrons. The number of imidazole rings is 1. The molecule has 120 valence electrons. The van der Waals surface area contributed by atoms with Gasteiger partial charge < -0.3 is 15.6 Å². The minimum atomic E-state index is -0.331. The van der Waals surface area contributed by atoms with Gasteiger partial charge in [-0.1, -0.05) is 43.2 Å². The monoisotopic (exact) mass is 312 g/mol. The van der Waals surface area contributed by atoms with E-state index in [0.717, 1.165) is 31.2 Å². The zero-order chi connectivity index (χ0) is 16.1. The Morgan fingerprint density at radius 2 is 1.87 bits per heavy atom. The van der Waals surface area contributed by atoms with Crippen LogP contribution in [0.25, 0.3) is 0 Å². The summed E-state index contributed by atoms with van der Waals surface area (Å²) >= 11 is 0. The number of nitrogens with one attached hydrogen (secondary N) is 3. The SMILES string of the molecule is O=C(NC1CCCC1)c1nc[nH]c1C(=O)NCc1ccccc1. The van der Waals surface area contributed by atoms with Crippen LogP contribution in [-0.2, 0) is 6.54 Å². The molecule has 3 rings (SSSR count). The zero-order valence-electron chi connectivity index (χ0n) is 12.8. The van der Waals surface area contributed by atoms with Crippen molar-refractivity contribution in [3.05, 3.63) is 53.6 Å². The van der Waals surface area contributed by atoms with E-state index < -0.39 is 0 Å². The fraction of sp³-hybridized carbons (Fsp3) is 0.353. The van der Waals surface area contributed by atoms with Crippen LogP contribution in [0.4, 0.5) is 0 Å². The van der Waals surface area contributed by atoms with Gasteiger partial charge in [0.05, 0.1) is 6.33 Å². The maximum Gasteiger partial charge on any atom is 0.272 e. The van der Waals surface area contributed by atoms with Crippen molar-refractivity contribution in [3.8, 4) is 0 Å². The lowest BCUT2D eigenvalue weighted by Crippen LogP contribution is -2.35. The molecule has 2 aromatic rings. The van der Waals surface area contributed by atoms with E-state index in [0.29, 0.717) is 6.54 Å². The topological polar surface area (TPSA) is 86.9 Å². The van der Waals surface area contributed by atoms with E-state index >= 15 is 0 Å². The minimum absolute atomic E-state index is 0.155. The Labute approximate surface area is 134 Å². The van der Waals surface area contributed by atoms with Crippen LogP contribution in [-0.4, -0.2) is 27.8 Å². The van der Waals surface area contributed by atoms with Crippen LogP contribution in [0.2, 0.25) is 0 Å². The summed E-state index contributed by atoms with van der Waals surface area (Å²) < 4.78 is 0. The predicted molar refractivity (Wildman–Crippen MR) is 85.9 cm³/mol. The van der Waals surface area contributed by atoms with Crippen LogP contribution in [0.3, 0.4) is 0 Å². The van der Waals surface area contributed by atoms with Crippen LogP contribution >= 0.6 is 0 Å². The highest BCUT2D eigenvalue weighted by molar-refractivity contribution is 6.04. The number of aromatic amines is 1. The van der Waals surface area contributed by atoms with Gasteiger partial charge in [-0.05, 0) is 18.4 Å². The summed E-state index contributed by atoms with van der Waals surface area (Å²) in [6.07, 6.45) is 5.63. The predicted octanol–water partition coefficient (Wildman–Crippen LogP) is 2.01. The van der Waals surface area contributed by atoms with Crippen molar-refractivity contribution in [1.29, 1.82) is 0 Å². The van der Waals surface area contributed by atoms with Crippen molar-refractivity contribution < 1.29 is 9.59 Å². The van der Waals surface area contributed by atoms with Gasteiger partial charge >= 0.3 is 0 Å². The van der Waals surface area contributed by atoms with Crippen molar-refractivity contribution in [3.63, 3.8) is 0 Å². The van der Waals surface area contributed by atoms with Crippen LogP contribution in [0.1, 0.15) is 52.2 Å². The average molecular weight is 312 g/mol. The first-order valence-electron chi connectivity index (χ1n) is 7.90. The molecule has 0 aliphatic heterocycles. The van der Waals surface area contributed by atoms with Crippen molar-refractivity contribution in [1.82, 2.24) is 20.6 Å². The largest absolute Gasteiger partial charge is 0.348 e.